The topological polar surface area (TPSA) is 170 Å². The summed E-state index contributed by atoms with van der Waals surface area (Å²) in [4.78, 5) is 73.0. The van der Waals surface area contributed by atoms with Crippen molar-refractivity contribution >= 4 is 40.7 Å². The summed E-state index contributed by atoms with van der Waals surface area (Å²) in [7, 11) is 1.28. The zero-order chi connectivity index (χ0) is 34.5. The van der Waals surface area contributed by atoms with Gasteiger partial charge in [-0.3, -0.25) is 19.4 Å². The predicted octanol–water partition coefficient (Wildman–Crippen LogP) is 4.06. The van der Waals surface area contributed by atoms with Crippen LogP contribution in [-0.4, -0.2) is 98.2 Å². The third-order valence-corrected chi connectivity index (χ3v) is 10.6. The number of amides is 3. The number of aliphatic hydroxyl groups is 1. The number of hydrogen-bond acceptors (Lipinski definition) is 10. The van der Waals surface area contributed by atoms with Crippen molar-refractivity contribution in [3.63, 3.8) is 0 Å². The van der Waals surface area contributed by atoms with Crippen molar-refractivity contribution in [2.24, 2.45) is 22.7 Å². The van der Waals surface area contributed by atoms with E-state index in [0.717, 1.165) is 52.5 Å². The van der Waals surface area contributed by atoms with Gasteiger partial charge in [0.2, 0.25) is 11.8 Å². The van der Waals surface area contributed by atoms with Crippen LogP contribution >= 0.6 is 11.3 Å². The van der Waals surface area contributed by atoms with E-state index in [-0.39, 0.29) is 47.9 Å². The molecule has 3 aliphatic heterocycles. The number of aromatic amines is 1. The predicted molar refractivity (Wildman–Crippen MR) is 181 cm³/mol. The quantitative estimate of drug-likeness (QED) is 0.284. The lowest BCUT2D eigenvalue weighted by atomic mass is 9.89. The molecule has 5 rings (SSSR count). The minimum atomic E-state index is -0.692. The Morgan fingerprint density at radius 1 is 1.02 bits per heavy atom. The van der Waals surface area contributed by atoms with Crippen LogP contribution in [0, 0.1) is 17.8 Å². The molecular weight excluding hydrogens is 634 g/mol. The van der Waals surface area contributed by atoms with Gasteiger partial charge in [0.15, 0.2) is 5.78 Å². The Morgan fingerprint density at radius 2 is 1.73 bits per heavy atom. The molecule has 4 atom stereocenters. The molecule has 13 nitrogen and oxygen atoms in total. The van der Waals surface area contributed by atoms with Crippen LogP contribution in [0.1, 0.15) is 83.1 Å². The molecule has 260 valence electrons. The van der Waals surface area contributed by atoms with E-state index in [9.17, 15) is 24.3 Å². The van der Waals surface area contributed by atoms with Crippen LogP contribution in [0.4, 0.5) is 4.79 Å². The third-order valence-electron chi connectivity index (χ3n) is 9.52. The van der Waals surface area contributed by atoms with Gasteiger partial charge in [0.1, 0.15) is 18.5 Å². The Labute approximate surface area is 285 Å². The van der Waals surface area contributed by atoms with Crippen molar-refractivity contribution in [3.8, 4) is 10.6 Å². The summed E-state index contributed by atoms with van der Waals surface area (Å²) in [5.74, 6) is -0.350. The van der Waals surface area contributed by atoms with Crippen molar-refractivity contribution in [1.82, 2.24) is 30.1 Å². The zero-order valence-corrected chi connectivity index (χ0v) is 29.2. The summed E-state index contributed by atoms with van der Waals surface area (Å²) in [6.45, 7) is 8.36. The van der Waals surface area contributed by atoms with Gasteiger partial charge in [-0.15, -0.1) is 11.3 Å². The first kappa shape index (κ1) is 35.4. The smallest absolute Gasteiger partial charge is 0.407 e. The number of hydrogen-bond donors (Lipinski definition) is 3. The van der Waals surface area contributed by atoms with Crippen LogP contribution in [0.25, 0.3) is 10.6 Å². The summed E-state index contributed by atoms with van der Waals surface area (Å²) >= 11 is 1.57. The highest BCUT2D eigenvalue weighted by atomic mass is 32.1. The molecule has 3 aliphatic rings. The summed E-state index contributed by atoms with van der Waals surface area (Å²) in [5, 5.41) is 12.9. The molecule has 2 saturated heterocycles. The maximum Gasteiger partial charge on any atom is 0.407 e. The number of thiazole rings is 1. The first-order valence-electron chi connectivity index (χ1n) is 16.8. The molecule has 2 fully saturated rings. The number of nitrogens with one attached hydrogen (secondary N) is 2. The standard InChI is InChI=1S/C34H47N7O6S/c1-19(2)23(14-22(43)18-42)32(44)40-10-6-8-26(40)24-12-21(15-35-24)13-29-36-17-28(48-29)25-16-37-31(38-25)27-9-7-11-41(27)33(45)30(20(3)4)39-34(46)47-5/h15-17,19-20,23,26-27,30,42H,6-14,18H2,1-5H3,(H,37,38)(H,39,46). The Hall–Kier alpha value is -3.91. The highest BCUT2D eigenvalue weighted by Crippen LogP contribution is 2.35. The molecule has 5 heterocycles. The maximum atomic E-state index is 13.5. The minimum absolute atomic E-state index is 0.00865. The zero-order valence-electron chi connectivity index (χ0n) is 28.4. The van der Waals surface area contributed by atoms with Gasteiger partial charge in [0.05, 0.1) is 41.0 Å². The number of H-pyrrole nitrogens is 1. The molecule has 4 unspecified atom stereocenters. The first-order chi connectivity index (χ1) is 23.0. The van der Waals surface area contributed by atoms with Gasteiger partial charge in [-0.25, -0.2) is 14.8 Å². The van der Waals surface area contributed by atoms with Crippen molar-refractivity contribution in [3.05, 3.63) is 35.0 Å². The molecule has 14 heteroatoms. The largest absolute Gasteiger partial charge is 0.453 e. The molecule has 0 aromatic carbocycles. The second-order valence-corrected chi connectivity index (χ2v) is 14.7. The van der Waals surface area contributed by atoms with Crippen LogP contribution in [0.5, 0.6) is 0 Å². The van der Waals surface area contributed by atoms with E-state index < -0.39 is 24.7 Å². The van der Waals surface area contributed by atoms with E-state index >= 15 is 0 Å². The van der Waals surface area contributed by atoms with Crippen molar-refractivity contribution in [2.75, 3.05) is 26.8 Å². The lowest BCUT2D eigenvalue weighted by Gasteiger charge is -2.30. The fraction of sp³-hybridized carbons (Fsp3) is 0.618. The van der Waals surface area contributed by atoms with E-state index in [0.29, 0.717) is 31.8 Å². The lowest BCUT2D eigenvalue weighted by Crippen LogP contribution is -2.51. The van der Waals surface area contributed by atoms with Gasteiger partial charge in [0.25, 0.3) is 0 Å². The van der Waals surface area contributed by atoms with Gasteiger partial charge in [-0.1, -0.05) is 27.7 Å². The number of aliphatic imine (C=N–C) groups is 1. The van der Waals surface area contributed by atoms with E-state index in [4.69, 9.17) is 9.73 Å². The molecule has 0 bridgehead atoms. The number of alkyl carbamates (subject to hydrolysis) is 1. The fourth-order valence-corrected chi connectivity index (χ4v) is 7.79. The van der Waals surface area contributed by atoms with Gasteiger partial charge >= 0.3 is 6.09 Å². The van der Waals surface area contributed by atoms with E-state index in [1.165, 1.54) is 7.11 Å². The molecule has 0 saturated carbocycles. The van der Waals surface area contributed by atoms with Crippen LogP contribution in [0.3, 0.4) is 0 Å². The van der Waals surface area contributed by atoms with Gasteiger partial charge in [-0.2, -0.15) is 0 Å². The van der Waals surface area contributed by atoms with Crippen LogP contribution in [0.2, 0.25) is 0 Å². The number of imidazole rings is 1. The number of aliphatic hydroxyl groups excluding tert-OH is 1. The Bertz CT molecular complexity index is 1560. The molecular formula is C34H47N7O6S. The SMILES string of the molecule is COC(=O)NC(C(=O)N1CCCC1c1ncc(-c2cnc(CC3=CN=C(C4CCCN4C(=O)C(CC(=O)CO)C(C)C)C3)s2)[nH]1)C(C)C. The van der Waals surface area contributed by atoms with Crippen LogP contribution in [-0.2, 0) is 25.5 Å². The average molecular weight is 682 g/mol. The second-order valence-electron chi connectivity index (χ2n) is 13.6. The fourth-order valence-electron chi connectivity index (χ4n) is 6.85. The number of aromatic nitrogens is 3. The van der Waals surface area contributed by atoms with Crippen LogP contribution in [0.15, 0.2) is 29.2 Å². The highest BCUT2D eigenvalue weighted by Gasteiger charge is 2.39. The first-order valence-corrected chi connectivity index (χ1v) is 17.6. The normalized spacial score (nSPS) is 20.7. The molecule has 0 radical (unpaired) electrons. The van der Waals surface area contributed by atoms with Gasteiger partial charge in [0, 0.05) is 56.4 Å². The van der Waals surface area contributed by atoms with E-state index in [1.54, 1.807) is 22.4 Å². The van der Waals surface area contributed by atoms with Crippen LogP contribution < -0.4 is 5.32 Å². The Kier molecular flexibility index (Phi) is 11.5. The number of nitrogens with zero attached hydrogens (tertiary/aromatic N) is 5. The van der Waals surface area contributed by atoms with Crippen molar-refractivity contribution < 1.29 is 29.0 Å². The number of likely N-dealkylation sites (tertiary alicyclic amines) is 2. The average Bonchev–Trinajstić information content (AvgIpc) is 3.90. The number of ketones is 1. The summed E-state index contributed by atoms with van der Waals surface area (Å²) in [6.07, 6.45) is 9.60. The number of carbonyl (C=O) groups excluding carboxylic acids is 4. The number of Topliss-reactive ketones (excluding diaryl/α,β-unsaturated/α-hetero) is 1. The lowest BCUT2D eigenvalue weighted by molar-refractivity contribution is -0.140. The number of allylic oxidation sites excluding steroid dienone is 1. The van der Waals surface area contributed by atoms with E-state index in [1.807, 2.05) is 45.0 Å². The minimum Gasteiger partial charge on any atom is -0.453 e. The van der Waals surface area contributed by atoms with Gasteiger partial charge < -0.3 is 29.9 Å². The number of ether oxygens (including phenoxy) is 1. The molecule has 2 aromatic heterocycles. The number of methoxy groups -OCH3 is 1. The summed E-state index contributed by atoms with van der Waals surface area (Å²) < 4.78 is 4.74. The molecule has 48 heavy (non-hydrogen) atoms. The summed E-state index contributed by atoms with van der Waals surface area (Å²) in [6, 6.07) is -0.990. The van der Waals surface area contributed by atoms with Gasteiger partial charge in [-0.05, 0) is 43.1 Å². The Morgan fingerprint density at radius 3 is 2.40 bits per heavy atom. The Balaban J connectivity index is 1.19. The van der Waals surface area contributed by atoms with Crippen molar-refractivity contribution in [2.45, 2.75) is 90.8 Å². The van der Waals surface area contributed by atoms with Crippen molar-refractivity contribution in [1.29, 1.82) is 0 Å². The molecule has 3 amide bonds. The maximum absolute atomic E-state index is 13.5. The number of carbonyl (C=O) groups is 4. The summed E-state index contributed by atoms with van der Waals surface area (Å²) in [5.41, 5.74) is 2.93. The number of rotatable bonds is 13. The molecule has 0 spiro atoms. The monoisotopic (exact) mass is 681 g/mol. The van der Waals surface area contributed by atoms with E-state index in [2.05, 4.69) is 20.3 Å². The molecule has 2 aromatic rings. The second kappa shape index (κ2) is 15.5. The molecule has 0 aliphatic carbocycles. The highest BCUT2D eigenvalue weighted by molar-refractivity contribution is 7.15. The molecule has 3 N–H and O–H groups in total. The third kappa shape index (κ3) is 7.86.